The first-order chi connectivity index (χ1) is 14.7. The molecule has 0 unspecified atom stereocenters. The Kier molecular flexibility index (Phi) is 5.94. The van der Waals surface area contributed by atoms with Gasteiger partial charge >= 0.3 is 5.97 Å². The second kappa shape index (κ2) is 8.96. The minimum absolute atomic E-state index is 0.171. The van der Waals surface area contributed by atoms with Crippen molar-refractivity contribution in [2.75, 3.05) is 13.2 Å². The molecule has 1 aliphatic rings. The summed E-state index contributed by atoms with van der Waals surface area (Å²) in [6.07, 6.45) is 2.17. The molecule has 0 radical (unpaired) electrons. The van der Waals surface area contributed by atoms with Crippen LogP contribution in [-0.2, 0) is 9.53 Å². The Bertz CT molecular complexity index is 1030. The maximum absolute atomic E-state index is 12.9. The van der Waals surface area contributed by atoms with Gasteiger partial charge in [0.2, 0.25) is 0 Å². The van der Waals surface area contributed by atoms with E-state index in [-0.39, 0.29) is 18.6 Å². The molecule has 0 fully saturated rings. The molecule has 0 spiro atoms. The van der Waals surface area contributed by atoms with Gasteiger partial charge in [-0.1, -0.05) is 6.07 Å². The number of carbonyl (C=O) groups is 2. The lowest BCUT2D eigenvalue weighted by Crippen LogP contribution is -2.31. The molecule has 2 aromatic heterocycles. The van der Waals surface area contributed by atoms with Crippen LogP contribution in [-0.4, -0.2) is 35.8 Å². The standard InChI is InChI=1S/C22H20N2O5S/c1-2-27-22(26)15-7-9-16(10-8-15)29-14-21(25)24-18(20-6-4-12-30-20)13-17(23-24)19-5-3-11-28-19/h3-12,18H,2,13-14H2,1H3/t18-/m0/s1. The third-order valence-electron chi connectivity index (χ3n) is 4.57. The number of hydrogen-bond donors (Lipinski definition) is 0. The Labute approximate surface area is 177 Å². The Morgan fingerprint density at radius 2 is 2.03 bits per heavy atom. The summed E-state index contributed by atoms with van der Waals surface area (Å²) in [6.45, 7) is 1.89. The van der Waals surface area contributed by atoms with Crippen LogP contribution in [0.4, 0.5) is 0 Å². The summed E-state index contributed by atoms with van der Waals surface area (Å²) >= 11 is 1.58. The fraction of sp³-hybridized carbons (Fsp3) is 0.227. The summed E-state index contributed by atoms with van der Waals surface area (Å²) in [4.78, 5) is 25.7. The van der Waals surface area contributed by atoms with Gasteiger partial charge in [-0.2, -0.15) is 5.10 Å². The van der Waals surface area contributed by atoms with Crippen molar-refractivity contribution in [2.24, 2.45) is 5.10 Å². The first-order valence-corrected chi connectivity index (χ1v) is 10.4. The first kappa shape index (κ1) is 19.9. The van der Waals surface area contributed by atoms with Crippen LogP contribution in [0, 0.1) is 0 Å². The van der Waals surface area contributed by atoms with Gasteiger partial charge in [0.1, 0.15) is 17.2 Å². The summed E-state index contributed by atoms with van der Waals surface area (Å²) in [5, 5.41) is 7.96. The molecular weight excluding hydrogens is 404 g/mol. The SMILES string of the molecule is CCOC(=O)c1ccc(OCC(=O)N2N=C(c3ccco3)C[C@H]2c2cccs2)cc1. The van der Waals surface area contributed by atoms with Crippen LogP contribution in [0.5, 0.6) is 5.75 Å². The summed E-state index contributed by atoms with van der Waals surface area (Å²) in [6, 6.07) is 13.9. The number of hydrogen-bond acceptors (Lipinski definition) is 7. The molecule has 1 amide bonds. The summed E-state index contributed by atoms with van der Waals surface area (Å²) < 4.78 is 16.0. The highest BCUT2D eigenvalue weighted by atomic mass is 32.1. The van der Waals surface area contributed by atoms with E-state index in [2.05, 4.69) is 5.10 Å². The maximum Gasteiger partial charge on any atom is 0.338 e. The fourth-order valence-electron chi connectivity index (χ4n) is 3.15. The maximum atomic E-state index is 12.9. The van der Waals surface area contributed by atoms with Gasteiger partial charge in [-0.15, -0.1) is 11.3 Å². The molecule has 0 saturated heterocycles. The number of thiophene rings is 1. The Hall–Kier alpha value is -3.39. The average molecular weight is 424 g/mol. The van der Waals surface area contributed by atoms with Gasteiger partial charge in [0.15, 0.2) is 6.61 Å². The first-order valence-electron chi connectivity index (χ1n) is 9.52. The molecule has 30 heavy (non-hydrogen) atoms. The number of nitrogens with zero attached hydrogens (tertiary/aromatic N) is 2. The largest absolute Gasteiger partial charge is 0.484 e. The lowest BCUT2D eigenvalue weighted by molar-refractivity contribution is -0.135. The van der Waals surface area contributed by atoms with Crippen LogP contribution in [0.25, 0.3) is 0 Å². The van der Waals surface area contributed by atoms with E-state index < -0.39 is 5.97 Å². The highest BCUT2D eigenvalue weighted by molar-refractivity contribution is 7.10. The van der Waals surface area contributed by atoms with E-state index in [1.807, 2.05) is 23.6 Å². The molecule has 0 N–H and O–H groups in total. The van der Waals surface area contributed by atoms with E-state index in [1.165, 1.54) is 5.01 Å². The van der Waals surface area contributed by atoms with Gasteiger partial charge in [-0.05, 0) is 54.8 Å². The Balaban J connectivity index is 1.44. The zero-order chi connectivity index (χ0) is 20.9. The van der Waals surface area contributed by atoms with Crippen molar-refractivity contribution in [3.63, 3.8) is 0 Å². The summed E-state index contributed by atoms with van der Waals surface area (Å²) in [5.41, 5.74) is 1.16. The van der Waals surface area contributed by atoms with Gasteiger partial charge in [0.25, 0.3) is 5.91 Å². The van der Waals surface area contributed by atoms with Crippen LogP contribution < -0.4 is 4.74 Å². The molecule has 1 aliphatic heterocycles. The monoisotopic (exact) mass is 424 g/mol. The summed E-state index contributed by atoms with van der Waals surface area (Å²) in [7, 11) is 0. The molecule has 0 aliphatic carbocycles. The van der Waals surface area contributed by atoms with Crippen molar-refractivity contribution in [1.29, 1.82) is 0 Å². The van der Waals surface area contributed by atoms with Crippen molar-refractivity contribution in [3.8, 4) is 5.75 Å². The van der Waals surface area contributed by atoms with E-state index in [1.54, 1.807) is 54.9 Å². The molecular formula is C22H20N2O5S. The van der Waals surface area contributed by atoms with Crippen molar-refractivity contribution in [2.45, 2.75) is 19.4 Å². The number of furan rings is 1. The predicted octanol–water partition coefficient (Wildman–Crippen LogP) is 4.27. The van der Waals surface area contributed by atoms with E-state index in [4.69, 9.17) is 13.9 Å². The molecule has 1 aromatic carbocycles. The number of carbonyl (C=O) groups excluding carboxylic acids is 2. The Morgan fingerprint density at radius 3 is 2.70 bits per heavy atom. The normalized spacial score (nSPS) is 15.7. The highest BCUT2D eigenvalue weighted by Crippen LogP contribution is 2.35. The highest BCUT2D eigenvalue weighted by Gasteiger charge is 2.34. The number of ether oxygens (including phenoxy) is 2. The third-order valence-corrected chi connectivity index (χ3v) is 5.54. The van der Waals surface area contributed by atoms with Gasteiger partial charge in [0.05, 0.1) is 24.5 Å². The molecule has 3 heterocycles. The minimum atomic E-state index is -0.393. The number of esters is 1. The van der Waals surface area contributed by atoms with Crippen molar-refractivity contribution < 1.29 is 23.5 Å². The minimum Gasteiger partial charge on any atom is -0.484 e. The van der Waals surface area contributed by atoms with E-state index >= 15 is 0 Å². The average Bonchev–Trinajstić information content (AvgIpc) is 3.53. The third kappa shape index (κ3) is 4.28. The second-order valence-electron chi connectivity index (χ2n) is 6.53. The topological polar surface area (TPSA) is 81.3 Å². The lowest BCUT2D eigenvalue weighted by atomic mass is 10.1. The molecule has 4 rings (SSSR count). The second-order valence-corrected chi connectivity index (χ2v) is 7.51. The van der Waals surface area contributed by atoms with Crippen molar-refractivity contribution in [3.05, 3.63) is 76.4 Å². The van der Waals surface area contributed by atoms with Crippen LogP contribution in [0.3, 0.4) is 0 Å². The number of amides is 1. The number of benzene rings is 1. The van der Waals surface area contributed by atoms with Crippen molar-refractivity contribution in [1.82, 2.24) is 5.01 Å². The molecule has 0 saturated carbocycles. The molecule has 154 valence electrons. The number of rotatable bonds is 7. The van der Waals surface area contributed by atoms with Crippen LogP contribution in [0.1, 0.15) is 40.4 Å². The molecule has 1 atom stereocenters. The van der Waals surface area contributed by atoms with Gasteiger partial charge in [0, 0.05) is 11.3 Å². The van der Waals surface area contributed by atoms with E-state index in [0.717, 1.165) is 10.6 Å². The fourth-order valence-corrected chi connectivity index (χ4v) is 3.96. The van der Waals surface area contributed by atoms with Crippen LogP contribution >= 0.6 is 11.3 Å². The van der Waals surface area contributed by atoms with Gasteiger partial charge in [-0.25, -0.2) is 9.80 Å². The molecule has 3 aromatic rings. The van der Waals surface area contributed by atoms with E-state index in [9.17, 15) is 9.59 Å². The molecule has 7 nitrogen and oxygen atoms in total. The zero-order valence-electron chi connectivity index (χ0n) is 16.3. The van der Waals surface area contributed by atoms with Gasteiger partial charge in [-0.3, -0.25) is 4.79 Å². The summed E-state index contributed by atoms with van der Waals surface area (Å²) in [5.74, 6) is 0.487. The molecule has 8 heteroatoms. The lowest BCUT2D eigenvalue weighted by Gasteiger charge is -2.20. The smallest absolute Gasteiger partial charge is 0.338 e. The number of hydrazone groups is 1. The van der Waals surface area contributed by atoms with Crippen molar-refractivity contribution >= 4 is 28.9 Å². The molecule has 0 bridgehead atoms. The van der Waals surface area contributed by atoms with Crippen LogP contribution in [0.2, 0.25) is 0 Å². The van der Waals surface area contributed by atoms with Gasteiger partial charge < -0.3 is 13.9 Å². The predicted molar refractivity (Wildman–Crippen MR) is 112 cm³/mol. The Morgan fingerprint density at radius 1 is 1.20 bits per heavy atom. The van der Waals surface area contributed by atoms with Crippen LogP contribution in [0.15, 0.2) is 69.7 Å². The zero-order valence-corrected chi connectivity index (χ0v) is 17.1. The quantitative estimate of drug-likeness (QED) is 0.529. The van der Waals surface area contributed by atoms with E-state index in [0.29, 0.717) is 30.1 Å².